The third kappa shape index (κ3) is 4.11. The van der Waals surface area contributed by atoms with E-state index in [-0.39, 0.29) is 0 Å². The van der Waals surface area contributed by atoms with Gasteiger partial charge >= 0.3 is 0 Å². The third-order valence-corrected chi connectivity index (χ3v) is 11.5. The lowest BCUT2D eigenvalue weighted by Crippen LogP contribution is -1.92. The first-order chi connectivity index (χ1) is 26.8. The molecule has 0 atom stereocenters. The molecule has 2 heteroatoms. The molecular formula is C52H30O2. The second-order valence-electron chi connectivity index (χ2n) is 14.3. The van der Waals surface area contributed by atoms with Crippen LogP contribution in [0.25, 0.3) is 120 Å². The van der Waals surface area contributed by atoms with Crippen LogP contribution in [0.2, 0.25) is 0 Å². The highest BCUT2D eigenvalue weighted by atomic mass is 16.3. The van der Waals surface area contributed by atoms with Crippen molar-refractivity contribution in [2.75, 3.05) is 0 Å². The van der Waals surface area contributed by atoms with Gasteiger partial charge in [-0.3, -0.25) is 0 Å². The Morgan fingerprint density at radius 2 is 0.833 bits per heavy atom. The van der Waals surface area contributed by atoms with E-state index in [0.29, 0.717) is 0 Å². The maximum absolute atomic E-state index is 6.67. The van der Waals surface area contributed by atoms with Crippen molar-refractivity contribution in [1.82, 2.24) is 0 Å². The molecule has 0 aliphatic rings. The summed E-state index contributed by atoms with van der Waals surface area (Å²) in [5, 5.41) is 14.2. The molecule has 0 N–H and O–H groups in total. The number of benzene rings is 10. The molecule has 10 aromatic carbocycles. The van der Waals surface area contributed by atoms with E-state index >= 15 is 0 Å². The van der Waals surface area contributed by atoms with Crippen LogP contribution in [-0.4, -0.2) is 0 Å². The van der Waals surface area contributed by atoms with E-state index in [4.69, 9.17) is 8.83 Å². The minimum Gasteiger partial charge on any atom is -0.456 e. The first-order valence-corrected chi connectivity index (χ1v) is 18.5. The van der Waals surface area contributed by atoms with Crippen molar-refractivity contribution in [3.63, 3.8) is 0 Å². The molecule has 0 aliphatic heterocycles. The quantitative estimate of drug-likeness (QED) is 0.173. The highest BCUT2D eigenvalue weighted by Crippen LogP contribution is 2.47. The van der Waals surface area contributed by atoms with Crippen LogP contribution in [0, 0.1) is 0 Å². The van der Waals surface area contributed by atoms with Crippen molar-refractivity contribution in [1.29, 1.82) is 0 Å². The SMILES string of the molecule is c1ccc(-c2c3ccccc3c(-c3ccc(-c4ccc5oc6ccc7c(oc8ccc9ccccc9c87)c6c5c4)c4ccccc34)c3ccccc23)cc1. The lowest BCUT2D eigenvalue weighted by atomic mass is 9.84. The second kappa shape index (κ2) is 11.2. The molecule has 2 nitrogen and oxygen atoms in total. The highest BCUT2D eigenvalue weighted by molar-refractivity contribution is 6.27. The first-order valence-electron chi connectivity index (χ1n) is 18.5. The molecule has 0 spiro atoms. The van der Waals surface area contributed by atoms with Gasteiger partial charge in [-0.15, -0.1) is 0 Å². The van der Waals surface area contributed by atoms with Gasteiger partial charge in [0.2, 0.25) is 0 Å². The molecule has 12 rings (SSSR count). The molecule has 12 aromatic rings. The van der Waals surface area contributed by atoms with Crippen LogP contribution in [0.5, 0.6) is 0 Å². The topological polar surface area (TPSA) is 26.3 Å². The van der Waals surface area contributed by atoms with Crippen LogP contribution in [-0.2, 0) is 0 Å². The van der Waals surface area contributed by atoms with E-state index in [9.17, 15) is 0 Å². The zero-order valence-electron chi connectivity index (χ0n) is 29.1. The van der Waals surface area contributed by atoms with Gasteiger partial charge in [0.25, 0.3) is 0 Å². The lowest BCUT2D eigenvalue weighted by Gasteiger charge is -2.19. The van der Waals surface area contributed by atoms with Crippen molar-refractivity contribution in [3.8, 4) is 33.4 Å². The fourth-order valence-electron chi connectivity index (χ4n) is 9.14. The van der Waals surface area contributed by atoms with Gasteiger partial charge < -0.3 is 8.83 Å². The predicted molar refractivity (Wildman–Crippen MR) is 227 cm³/mol. The molecule has 2 heterocycles. The Morgan fingerprint density at radius 1 is 0.278 bits per heavy atom. The van der Waals surface area contributed by atoms with Crippen LogP contribution in [0.3, 0.4) is 0 Å². The van der Waals surface area contributed by atoms with E-state index in [1.54, 1.807) is 0 Å². The Morgan fingerprint density at radius 3 is 1.57 bits per heavy atom. The zero-order valence-corrected chi connectivity index (χ0v) is 29.1. The van der Waals surface area contributed by atoms with Crippen molar-refractivity contribution in [3.05, 3.63) is 182 Å². The Hall–Kier alpha value is -7.16. The number of furan rings is 2. The zero-order chi connectivity index (χ0) is 35.3. The smallest absolute Gasteiger partial charge is 0.147 e. The van der Waals surface area contributed by atoms with E-state index < -0.39 is 0 Å². The maximum Gasteiger partial charge on any atom is 0.147 e. The molecule has 0 saturated carbocycles. The summed E-state index contributed by atoms with van der Waals surface area (Å²) in [6, 6.07) is 65.6. The van der Waals surface area contributed by atoms with E-state index in [1.807, 2.05) is 0 Å². The number of fused-ring (bicyclic) bond motifs is 12. The van der Waals surface area contributed by atoms with Gasteiger partial charge in [-0.1, -0.05) is 152 Å². The van der Waals surface area contributed by atoms with E-state index in [0.717, 1.165) is 49.4 Å². The molecular weight excluding hydrogens is 657 g/mol. The van der Waals surface area contributed by atoms with Gasteiger partial charge in [0.1, 0.15) is 22.3 Å². The Balaban J connectivity index is 1.10. The van der Waals surface area contributed by atoms with Gasteiger partial charge in [-0.05, 0) is 107 Å². The molecule has 54 heavy (non-hydrogen) atoms. The standard InChI is InChI=1S/C52H30O2/c1-2-13-32(14-3-1)48-38-18-8-10-20-40(38)49(41-21-11-9-19-39(41)48)42-25-24-34(36-16-6-7-17-37(36)42)33-23-27-45-44(30-33)51-47(53-45)29-26-43-50-35-15-5-4-12-31(35)22-28-46(50)54-52(43)51/h1-30H. The molecule has 0 amide bonds. The van der Waals surface area contributed by atoms with Gasteiger partial charge in [0.05, 0.1) is 5.39 Å². The Bertz CT molecular complexity index is 3430. The van der Waals surface area contributed by atoms with Gasteiger partial charge in [-0.25, -0.2) is 0 Å². The minimum atomic E-state index is 0.830. The van der Waals surface area contributed by atoms with Crippen LogP contribution in [0.15, 0.2) is 191 Å². The number of hydrogen-bond donors (Lipinski definition) is 0. The highest BCUT2D eigenvalue weighted by Gasteiger charge is 2.21. The molecule has 0 radical (unpaired) electrons. The molecule has 0 aliphatic carbocycles. The summed E-state index contributed by atoms with van der Waals surface area (Å²) in [6.07, 6.45) is 0. The summed E-state index contributed by atoms with van der Waals surface area (Å²) in [5.41, 5.74) is 10.8. The molecule has 250 valence electrons. The van der Waals surface area contributed by atoms with Gasteiger partial charge in [-0.2, -0.15) is 0 Å². The fourth-order valence-corrected chi connectivity index (χ4v) is 9.14. The first kappa shape index (κ1) is 29.4. The van der Waals surface area contributed by atoms with Crippen LogP contribution >= 0.6 is 0 Å². The number of rotatable bonds is 3. The summed E-state index contributed by atoms with van der Waals surface area (Å²) in [5.74, 6) is 0. The van der Waals surface area contributed by atoms with Crippen LogP contribution < -0.4 is 0 Å². The van der Waals surface area contributed by atoms with Crippen molar-refractivity contribution >= 4 is 87.0 Å². The summed E-state index contributed by atoms with van der Waals surface area (Å²) in [6.45, 7) is 0. The Kier molecular flexibility index (Phi) is 6.09. The average Bonchev–Trinajstić information content (AvgIpc) is 3.81. The third-order valence-electron chi connectivity index (χ3n) is 11.5. The molecule has 0 bridgehead atoms. The van der Waals surface area contributed by atoms with Crippen molar-refractivity contribution in [2.45, 2.75) is 0 Å². The second-order valence-corrected chi connectivity index (χ2v) is 14.3. The van der Waals surface area contributed by atoms with E-state index in [2.05, 4.69) is 182 Å². The van der Waals surface area contributed by atoms with Gasteiger partial charge in [0, 0.05) is 16.2 Å². The largest absolute Gasteiger partial charge is 0.456 e. The molecule has 0 saturated heterocycles. The summed E-state index contributed by atoms with van der Waals surface area (Å²) < 4.78 is 13.1. The van der Waals surface area contributed by atoms with Crippen molar-refractivity contribution in [2.24, 2.45) is 0 Å². The normalized spacial score (nSPS) is 12.1. The fraction of sp³-hybridized carbons (Fsp3) is 0. The summed E-state index contributed by atoms with van der Waals surface area (Å²) >= 11 is 0. The molecule has 0 fully saturated rings. The maximum atomic E-state index is 6.67. The average molecular weight is 687 g/mol. The monoisotopic (exact) mass is 686 g/mol. The van der Waals surface area contributed by atoms with E-state index in [1.165, 1.54) is 70.9 Å². The van der Waals surface area contributed by atoms with Crippen LogP contribution in [0.1, 0.15) is 0 Å². The Labute approximate surface area is 310 Å². The minimum absolute atomic E-state index is 0.830. The summed E-state index contributed by atoms with van der Waals surface area (Å²) in [4.78, 5) is 0. The van der Waals surface area contributed by atoms with Gasteiger partial charge in [0.15, 0.2) is 0 Å². The van der Waals surface area contributed by atoms with Crippen molar-refractivity contribution < 1.29 is 8.83 Å². The summed E-state index contributed by atoms with van der Waals surface area (Å²) in [7, 11) is 0. The number of hydrogen-bond acceptors (Lipinski definition) is 2. The lowest BCUT2D eigenvalue weighted by molar-refractivity contribution is 0.663. The molecule has 0 unspecified atom stereocenters. The molecule has 2 aromatic heterocycles. The van der Waals surface area contributed by atoms with Crippen LogP contribution in [0.4, 0.5) is 0 Å². The predicted octanol–water partition coefficient (Wildman–Crippen LogP) is 15.1.